The van der Waals surface area contributed by atoms with Gasteiger partial charge in [-0.05, 0) is 50.0 Å². The molecule has 3 rings (SSSR count). The molecule has 2 aliphatic heterocycles. The van der Waals surface area contributed by atoms with E-state index in [2.05, 4.69) is 15.2 Å². The van der Waals surface area contributed by atoms with Crippen LogP contribution in [0.4, 0.5) is 10.1 Å². The Labute approximate surface area is 116 Å². The van der Waals surface area contributed by atoms with E-state index < -0.39 is 0 Å². The molecular formula is C12H18N4O2S. The molecule has 0 radical (unpaired) electrons. The Balaban J connectivity index is 1.80. The van der Waals surface area contributed by atoms with Gasteiger partial charge in [0.15, 0.2) is 5.13 Å². The summed E-state index contributed by atoms with van der Waals surface area (Å²) in [6.45, 7) is 2.06. The van der Waals surface area contributed by atoms with Crippen molar-refractivity contribution in [3.05, 3.63) is 16.3 Å². The van der Waals surface area contributed by atoms with Crippen molar-refractivity contribution in [3.8, 4) is 0 Å². The lowest BCUT2D eigenvalue weighted by atomic mass is 9.95. The van der Waals surface area contributed by atoms with Gasteiger partial charge in [0.2, 0.25) is 0 Å². The molecule has 3 heterocycles. The molecule has 0 aliphatic carbocycles. The highest BCUT2D eigenvalue weighted by atomic mass is 32.1. The zero-order chi connectivity index (χ0) is 13.2. The molecule has 1 aromatic heterocycles. The summed E-state index contributed by atoms with van der Waals surface area (Å²) in [7, 11) is 0. The van der Waals surface area contributed by atoms with Crippen molar-refractivity contribution in [2.24, 2.45) is 0 Å². The Bertz CT molecular complexity index is 458. The zero-order valence-corrected chi connectivity index (χ0v) is 11.6. The number of hydrogen-bond donors (Lipinski definition) is 1. The monoisotopic (exact) mass is 282 g/mol. The molecule has 6 nitrogen and oxygen atoms in total. The van der Waals surface area contributed by atoms with Crippen LogP contribution in [0.3, 0.4) is 0 Å². The van der Waals surface area contributed by atoms with Gasteiger partial charge >= 0.3 is 5.00 Å². The lowest BCUT2D eigenvalue weighted by molar-refractivity contribution is -0.380. The van der Waals surface area contributed by atoms with E-state index in [0.29, 0.717) is 12.1 Å². The molecule has 2 unspecified atom stereocenters. The van der Waals surface area contributed by atoms with Crippen LogP contribution in [0.5, 0.6) is 0 Å². The van der Waals surface area contributed by atoms with E-state index in [1.165, 1.54) is 36.8 Å². The highest BCUT2D eigenvalue weighted by Gasteiger charge is 2.33. The van der Waals surface area contributed by atoms with Gasteiger partial charge in [-0.3, -0.25) is 10.1 Å². The molecule has 2 fully saturated rings. The van der Waals surface area contributed by atoms with Crippen LogP contribution in [0.15, 0.2) is 6.20 Å². The number of nitrogens with one attached hydrogen (secondary N) is 1. The van der Waals surface area contributed by atoms with Gasteiger partial charge in [0.05, 0.1) is 4.92 Å². The molecule has 7 heteroatoms. The summed E-state index contributed by atoms with van der Waals surface area (Å²) in [5, 5.41) is 15.3. The minimum atomic E-state index is -0.353. The number of aromatic nitrogens is 1. The van der Waals surface area contributed by atoms with Gasteiger partial charge in [-0.2, -0.15) is 0 Å². The third-order valence-electron chi connectivity index (χ3n) is 4.02. The van der Waals surface area contributed by atoms with E-state index in [1.807, 2.05) is 0 Å². The molecule has 1 aromatic rings. The lowest BCUT2D eigenvalue weighted by Gasteiger charge is -2.39. The van der Waals surface area contributed by atoms with Crippen molar-refractivity contribution in [2.75, 3.05) is 18.0 Å². The summed E-state index contributed by atoms with van der Waals surface area (Å²) in [6.07, 6.45) is 7.36. The fourth-order valence-corrected chi connectivity index (χ4v) is 3.94. The molecule has 19 heavy (non-hydrogen) atoms. The number of anilines is 1. The standard InChI is InChI=1S/C12H18N4O2S/c17-16(18)11-8-14-12(19-11)15-7-2-1-5-10(15)9-4-3-6-13-9/h8-10,13H,1-7H2. The van der Waals surface area contributed by atoms with Crippen LogP contribution in [0.1, 0.15) is 32.1 Å². The van der Waals surface area contributed by atoms with Crippen molar-refractivity contribution < 1.29 is 4.92 Å². The largest absolute Gasteiger partial charge is 0.345 e. The maximum absolute atomic E-state index is 10.8. The Hall–Kier alpha value is -1.21. The number of rotatable bonds is 3. The Kier molecular flexibility index (Phi) is 3.65. The summed E-state index contributed by atoms with van der Waals surface area (Å²) in [5.74, 6) is 0. The first kappa shape index (κ1) is 12.8. The summed E-state index contributed by atoms with van der Waals surface area (Å²) in [4.78, 5) is 17.0. The molecule has 0 amide bonds. The summed E-state index contributed by atoms with van der Waals surface area (Å²) in [6, 6.07) is 0.963. The van der Waals surface area contributed by atoms with E-state index in [0.717, 1.165) is 31.1 Å². The maximum Gasteiger partial charge on any atom is 0.345 e. The number of piperidine rings is 1. The predicted octanol–water partition coefficient (Wildman–Crippen LogP) is 2.16. The first-order chi connectivity index (χ1) is 9.25. The molecule has 2 saturated heterocycles. The minimum absolute atomic E-state index is 0.138. The quantitative estimate of drug-likeness (QED) is 0.679. The van der Waals surface area contributed by atoms with Gasteiger partial charge in [0.25, 0.3) is 0 Å². The summed E-state index contributed by atoms with van der Waals surface area (Å²) in [5.41, 5.74) is 0. The molecule has 2 aliphatic rings. The van der Waals surface area contributed by atoms with Crippen molar-refractivity contribution in [2.45, 2.75) is 44.2 Å². The van der Waals surface area contributed by atoms with Crippen molar-refractivity contribution >= 4 is 21.5 Å². The second-order valence-corrected chi connectivity index (χ2v) is 6.19. The average molecular weight is 282 g/mol. The Morgan fingerprint density at radius 3 is 3.00 bits per heavy atom. The third kappa shape index (κ3) is 2.57. The third-order valence-corrected chi connectivity index (χ3v) is 5.01. The van der Waals surface area contributed by atoms with Gasteiger partial charge < -0.3 is 10.2 Å². The minimum Gasteiger partial charge on any atom is -0.343 e. The smallest absolute Gasteiger partial charge is 0.343 e. The highest BCUT2D eigenvalue weighted by molar-refractivity contribution is 7.18. The average Bonchev–Trinajstić information content (AvgIpc) is 3.10. The molecule has 0 bridgehead atoms. The van der Waals surface area contributed by atoms with Gasteiger partial charge in [0.1, 0.15) is 6.20 Å². The normalized spacial score (nSPS) is 27.7. The maximum atomic E-state index is 10.8. The van der Waals surface area contributed by atoms with E-state index in [1.54, 1.807) is 0 Å². The van der Waals surface area contributed by atoms with Gasteiger partial charge in [0, 0.05) is 18.6 Å². The first-order valence-corrected chi connectivity index (χ1v) is 7.67. The van der Waals surface area contributed by atoms with Gasteiger partial charge in [-0.25, -0.2) is 4.98 Å². The molecule has 0 aromatic carbocycles. The van der Waals surface area contributed by atoms with Crippen molar-refractivity contribution in [1.29, 1.82) is 0 Å². The zero-order valence-electron chi connectivity index (χ0n) is 10.7. The molecular weight excluding hydrogens is 264 g/mol. The van der Waals surface area contributed by atoms with Crippen LogP contribution >= 0.6 is 11.3 Å². The van der Waals surface area contributed by atoms with E-state index in [-0.39, 0.29) is 9.92 Å². The Morgan fingerprint density at radius 2 is 2.32 bits per heavy atom. The van der Waals surface area contributed by atoms with Crippen molar-refractivity contribution in [1.82, 2.24) is 10.3 Å². The van der Waals surface area contributed by atoms with Crippen LogP contribution in [-0.2, 0) is 0 Å². The summed E-state index contributed by atoms with van der Waals surface area (Å²) < 4.78 is 0. The number of thiazole rings is 1. The fourth-order valence-electron chi connectivity index (χ4n) is 3.13. The highest BCUT2D eigenvalue weighted by Crippen LogP contribution is 2.34. The molecule has 0 saturated carbocycles. The van der Waals surface area contributed by atoms with Crippen LogP contribution in [0.25, 0.3) is 0 Å². The molecule has 104 valence electrons. The number of nitrogens with zero attached hydrogens (tertiary/aromatic N) is 3. The first-order valence-electron chi connectivity index (χ1n) is 6.86. The number of hydrogen-bond acceptors (Lipinski definition) is 6. The molecule has 1 N–H and O–H groups in total. The summed E-state index contributed by atoms with van der Waals surface area (Å²) >= 11 is 1.20. The van der Waals surface area contributed by atoms with E-state index in [4.69, 9.17) is 0 Å². The predicted molar refractivity (Wildman–Crippen MR) is 74.8 cm³/mol. The lowest BCUT2D eigenvalue weighted by Crippen LogP contribution is -2.50. The number of nitro groups is 1. The van der Waals surface area contributed by atoms with E-state index >= 15 is 0 Å². The molecule has 0 spiro atoms. The van der Waals surface area contributed by atoms with Crippen LogP contribution in [0, 0.1) is 10.1 Å². The second kappa shape index (κ2) is 5.42. The van der Waals surface area contributed by atoms with Gasteiger partial charge in [-0.15, -0.1) is 0 Å². The Morgan fingerprint density at radius 1 is 1.42 bits per heavy atom. The van der Waals surface area contributed by atoms with E-state index in [9.17, 15) is 10.1 Å². The molecule has 2 atom stereocenters. The van der Waals surface area contributed by atoms with Crippen LogP contribution < -0.4 is 10.2 Å². The SMILES string of the molecule is O=[N+]([O-])c1cnc(N2CCCCC2C2CCCN2)s1. The topological polar surface area (TPSA) is 71.3 Å². The second-order valence-electron chi connectivity index (χ2n) is 5.20. The fraction of sp³-hybridized carbons (Fsp3) is 0.750. The van der Waals surface area contributed by atoms with Crippen LogP contribution in [0.2, 0.25) is 0 Å². The van der Waals surface area contributed by atoms with Crippen LogP contribution in [-0.4, -0.2) is 35.1 Å². The van der Waals surface area contributed by atoms with Gasteiger partial charge in [-0.1, -0.05) is 0 Å². The van der Waals surface area contributed by atoms with Crippen molar-refractivity contribution in [3.63, 3.8) is 0 Å².